The largest absolute Gasteiger partial charge is 0.479 e. The highest BCUT2D eigenvalue weighted by atomic mass is 16.4. The van der Waals surface area contributed by atoms with Crippen molar-refractivity contribution in [2.75, 3.05) is 18.0 Å². The minimum absolute atomic E-state index is 0.275. The van der Waals surface area contributed by atoms with Gasteiger partial charge in [0.05, 0.1) is 0 Å². The Labute approximate surface area is 94.1 Å². The maximum atomic E-state index is 10.9. The van der Waals surface area contributed by atoms with Gasteiger partial charge in [-0.25, -0.2) is 4.79 Å². The van der Waals surface area contributed by atoms with Crippen molar-refractivity contribution < 1.29 is 15.0 Å². The van der Waals surface area contributed by atoms with Crippen LogP contribution in [0.5, 0.6) is 0 Å². The van der Waals surface area contributed by atoms with E-state index in [0.29, 0.717) is 13.1 Å². The molecular weight excluding hydrogens is 206 g/mol. The Morgan fingerprint density at radius 3 is 2.25 bits per heavy atom. The molecule has 0 amide bonds. The molecule has 1 aliphatic rings. The van der Waals surface area contributed by atoms with Gasteiger partial charge in [-0.3, -0.25) is 0 Å². The normalized spacial score (nSPS) is 19.4. The molecule has 16 heavy (non-hydrogen) atoms. The number of carboxylic acid groups (broad SMARTS) is 1. The Morgan fingerprint density at radius 2 is 1.75 bits per heavy atom. The van der Waals surface area contributed by atoms with Gasteiger partial charge in [0.1, 0.15) is 0 Å². The molecule has 86 valence electrons. The highest BCUT2D eigenvalue weighted by Gasteiger charge is 2.39. The lowest BCUT2D eigenvalue weighted by molar-refractivity contribution is -0.160. The molecule has 0 aromatic heterocycles. The number of aliphatic hydroxyl groups is 1. The molecule has 1 heterocycles. The van der Waals surface area contributed by atoms with Gasteiger partial charge in [0, 0.05) is 31.6 Å². The molecule has 1 saturated heterocycles. The van der Waals surface area contributed by atoms with Crippen molar-refractivity contribution in [2.24, 2.45) is 0 Å². The van der Waals surface area contributed by atoms with Crippen LogP contribution in [0.15, 0.2) is 30.3 Å². The minimum atomic E-state index is -1.54. The predicted octanol–water partition coefficient (Wildman–Crippen LogP) is 1.10. The number of aliphatic carboxylic acids is 1. The van der Waals surface area contributed by atoms with Crippen LogP contribution in [0.25, 0.3) is 0 Å². The molecule has 0 saturated carbocycles. The molecule has 2 rings (SSSR count). The van der Waals surface area contributed by atoms with Gasteiger partial charge in [0.15, 0.2) is 5.60 Å². The summed E-state index contributed by atoms with van der Waals surface area (Å²) in [6.45, 7) is 1.15. The zero-order valence-corrected chi connectivity index (χ0v) is 8.97. The van der Waals surface area contributed by atoms with Gasteiger partial charge in [-0.2, -0.15) is 0 Å². The summed E-state index contributed by atoms with van der Waals surface area (Å²) in [4.78, 5) is 12.9. The Morgan fingerprint density at radius 1 is 1.19 bits per heavy atom. The molecule has 0 spiro atoms. The van der Waals surface area contributed by atoms with E-state index in [1.165, 1.54) is 0 Å². The lowest BCUT2D eigenvalue weighted by atomic mass is 9.91. The van der Waals surface area contributed by atoms with E-state index in [4.69, 9.17) is 5.11 Å². The van der Waals surface area contributed by atoms with Crippen LogP contribution in [0.1, 0.15) is 12.8 Å². The second-order valence-electron chi connectivity index (χ2n) is 4.16. The summed E-state index contributed by atoms with van der Waals surface area (Å²) in [5.41, 5.74) is -0.458. The van der Waals surface area contributed by atoms with Crippen LogP contribution >= 0.6 is 0 Å². The van der Waals surface area contributed by atoms with E-state index in [-0.39, 0.29) is 12.8 Å². The van der Waals surface area contributed by atoms with Crippen LogP contribution in [0.2, 0.25) is 0 Å². The average molecular weight is 221 g/mol. The topological polar surface area (TPSA) is 60.8 Å². The number of para-hydroxylation sites is 1. The van der Waals surface area contributed by atoms with Crippen LogP contribution < -0.4 is 4.90 Å². The molecule has 0 bridgehead atoms. The molecule has 1 aromatic carbocycles. The minimum Gasteiger partial charge on any atom is -0.479 e. The van der Waals surface area contributed by atoms with Crippen LogP contribution in [0.3, 0.4) is 0 Å². The predicted molar refractivity (Wildman–Crippen MR) is 60.5 cm³/mol. The van der Waals surface area contributed by atoms with Crippen LogP contribution in [0, 0.1) is 0 Å². The molecule has 0 atom stereocenters. The maximum Gasteiger partial charge on any atom is 0.335 e. The molecule has 0 aliphatic carbocycles. The van der Waals surface area contributed by atoms with Crippen molar-refractivity contribution in [3.63, 3.8) is 0 Å². The smallest absolute Gasteiger partial charge is 0.335 e. The first-order valence-corrected chi connectivity index (χ1v) is 5.38. The van der Waals surface area contributed by atoms with E-state index in [2.05, 4.69) is 4.90 Å². The van der Waals surface area contributed by atoms with Gasteiger partial charge in [0.25, 0.3) is 0 Å². The fraction of sp³-hybridized carbons (Fsp3) is 0.417. The summed E-state index contributed by atoms with van der Waals surface area (Å²) in [7, 11) is 0. The fourth-order valence-electron chi connectivity index (χ4n) is 1.99. The maximum absolute atomic E-state index is 10.9. The second kappa shape index (κ2) is 4.14. The summed E-state index contributed by atoms with van der Waals surface area (Å²) >= 11 is 0. The molecule has 2 N–H and O–H groups in total. The molecule has 0 radical (unpaired) electrons. The number of nitrogens with zero attached hydrogens (tertiary/aromatic N) is 1. The molecule has 1 aliphatic heterocycles. The SMILES string of the molecule is O=C(O)C1(O)CCN(c2ccccc2)CC1. The lowest BCUT2D eigenvalue weighted by Crippen LogP contribution is -2.49. The summed E-state index contributed by atoms with van der Waals surface area (Å²) in [5, 5.41) is 18.7. The van der Waals surface area contributed by atoms with Crippen molar-refractivity contribution >= 4 is 11.7 Å². The van der Waals surface area contributed by atoms with Gasteiger partial charge in [-0.1, -0.05) is 18.2 Å². The van der Waals surface area contributed by atoms with Crippen molar-refractivity contribution in [1.29, 1.82) is 0 Å². The summed E-state index contributed by atoms with van der Waals surface area (Å²) in [6, 6.07) is 9.83. The standard InChI is InChI=1S/C12H15NO3/c14-11(15)12(16)6-8-13(9-7-12)10-4-2-1-3-5-10/h1-5,16H,6-9H2,(H,14,15). The molecule has 1 aromatic rings. The number of rotatable bonds is 2. The number of carbonyl (C=O) groups is 1. The molecule has 4 nitrogen and oxygen atoms in total. The molecule has 4 heteroatoms. The van der Waals surface area contributed by atoms with Crippen molar-refractivity contribution in [1.82, 2.24) is 0 Å². The van der Waals surface area contributed by atoms with E-state index in [9.17, 15) is 9.90 Å². The van der Waals surface area contributed by atoms with Gasteiger partial charge < -0.3 is 15.1 Å². The first-order valence-electron chi connectivity index (χ1n) is 5.38. The zero-order chi connectivity index (χ0) is 11.6. The first kappa shape index (κ1) is 11.0. The van der Waals surface area contributed by atoms with Gasteiger partial charge in [-0.15, -0.1) is 0 Å². The van der Waals surface area contributed by atoms with E-state index < -0.39 is 11.6 Å². The van der Waals surface area contributed by atoms with E-state index in [1.807, 2.05) is 30.3 Å². The monoisotopic (exact) mass is 221 g/mol. The van der Waals surface area contributed by atoms with E-state index >= 15 is 0 Å². The summed E-state index contributed by atoms with van der Waals surface area (Å²) in [6.07, 6.45) is 0.550. The number of benzene rings is 1. The molecular formula is C12H15NO3. The van der Waals surface area contributed by atoms with E-state index in [0.717, 1.165) is 5.69 Å². The second-order valence-corrected chi connectivity index (χ2v) is 4.16. The number of hydrogen-bond acceptors (Lipinski definition) is 3. The third-order valence-electron chi connectivity index (χ3n) is 3.11. The Hall–Kier alpha value is -1.55. The van der Waals surface area contributed by atoms with Crippen LogP contribution in [0.4, 0.5) is 5.69 Å². The van der Waals surface area contributed by atoms with Gasteiger partial charge in [0.2, 0.25) is 0 Å². The van der Waals surface area contributed by atoms with Gasteiger partial charge in [-0.05, 0) is 12.1 Å². The van der Waals surface area contributed by atoms with Crippen molar-refractivity contribution in [3.8, 4) is 0 Å². The third-order valence-corrected chi connectivity index (χ3v) is 3.11. The zero-order valence-electron chi connectivity index (χ0n) is 8.97. The number of piperidine rings is 1. The molecule has 0 unspecified atom stereocenters. The van der Waals surface area contributed by atoms with Gasteiger partial charge >= 0.3 is 5.97 Å². The average Bonchev–Trinajstić information content (AvgIpc) is 2.31. The fourth-order valence-corrected chi connectivity index (χ4v) is 1.99. The van der Waals surface area contributed by atoms with Crippen LogP contribution in [-0.2, 0) is 4.79 Å². The number of hydrogen-bond donors (Lipinski definition) is 2. The molecule has 1 fully saturated rings. The Balaban J connectivity index is 2.03. The highest BCUT2D eigenvalue weighted by Crippen LogP contribution is 2.26. The number of anilines is 1. The van der Waals surface area contributed by atoms with Crippen LogP contribution in [-0.4, -0.2) is 34.9 Å². The quantitative estimate of drug-likeness (QED) is 0.785. The van der Waals surface area contributed by atoms with Crippen molar-refractivity contribution in [3.05, 3.63) is 30.3 Å². The first-order chi connectivity index (χ1) is 7.62. The summed E-state index contributed by atoms with van der Waals surface area (Å²) < 4.78 is 0. The highest BCUT2D eigenvalue weighted by molar-refractivity contribution is 5.77. The number of carboxylic acids is 1. The Kier molecular flexibility index (Phi) is 2.83. The lowest BCUT2D eigenvalue weighted by Gasteiger charge is -2.36. The van der Waals surface area contributed by atoms with Crippen molar-refractivity contribution in [2.45, 2.75) is 18.4 Å². The Bertz CT molecular complexity index is 369. The van der Waals surface area contributed by atoms with E-state index in [1.54, 1.807) is 0 Å². The third kappa shape index (κ3) is 2.02. The summed E-state index contributed by atoms with van der Waals surface area (Å²) in [5.74, 6) is -1.11.